The number of nitrogens with zero attached hydrogens (tertiary/aromatic N) is 3. The van der Waals surface area contributed by atoms with E-state index >= 15 is 0 Å². The van der Waals surface area contributed by atoms with Gasteiger partial charge in [-0.25, -0.2) is 0 Å². The maximum atomic E-state index is 13.4. The summed E-state index contributed by atoms with van der Waals surface area (Å²) in [5.74, 6) is 1.51. The molecule has 4 aromatic rings. The van der Waals surface area contributed by atoms with Crippen molar-refractivity contribution in [2.75, 3.05) is 24.9 Å². The summed E-state index contributed by atoms with van der Waals surface area (Å²) in [5, 5.41) is 9.07. The molecule has 34 heavy (non-hydrogen) atoms. The lowest BCUT2D eigenvalue weighted by Gasteiger charge is -2.31. The van der Waals surface area contributed by atoms with Gasteiger partial charge in [0.15, 0.2) is 0 Å². The van der Waals surface area contributed by atoms with Crippen LogP contribution in [-0.2, 0) is 4.79 Å². The third-order valence-corrected chi connectivity index (χ3v) is 7.23. The smallest absolute Gasteiger partial charge is 0.277 e. The van der Waals surface area contributed by atoms with Crippen LogP contribution < -0.4 is 14.4 Å². The zero-order valence-electron chi connectivity index (χ0n) is 18.1. The molecule has 1 aliphatic rings. The van der Waals surface area contributed by atoms with Gasteiger partial charge in [-0.15, -0.1) is 10.2 Å². The molecule has 3 aromatic carbocycles. The topological polar surface area (TPSA) is 77.7 Å². The molecule has 1 aliphatic heterocycles. The molecule has 0 saturated carbocycles. The molecule has 0 bridgehead atoms. The quantitative estimate of drug-likeness (QED) is 0.278. The van der Waals surface area contributed by atoms with Crippen molar-refractivity contribution in [3.8, 4) is 23.0 Å². The number of hydrogen-bond acceptors (Lipinski definition) is 8. The van der Waals surface area contributed by atoms with E-state index in [1.165, 1.54) is 11.8 Å². The van der Waals surface area contributed by atoms with Crippen molar-refractivity contribution >= 4 is 52.4 Å². The number of benzene rings is 3. The predicted molar refractivity (Wildman–Crippen MR) is 133 cm³/mol. The number of thioether (sulfide) groups is 1. The number of fused-ring (bicyclic) bond motifs is 2. The van der Waals surface area contributed by atoms with Gasteiger partial charge in [0.2, 0.25) is 11.8 Å². The van der Waals surface area contributed by atoms with Gasteiger partial charge in [-0.1, -0.05) is 47.3 Å². The maximum Gasteiger partial charge on any atom is 0.277 e. The van der Waals surface area contributed by atoms with Gasteiger partial charge in [0.25, 0.3) is 5.22 Å². The minimum Gasteiger partial charge on any atom is -0.497 e. The number of amides is 1. The number of carbonyl (C=O) groups is 1. The molecule has 0 spiro atoms. The van der Waals surface area contributed by atoms with Crippen molar-refractivity contribution in [1.82, 2.24) is 10.2 Å². The van der Waals surface area contributed by atoms with Crippen molar-refractivity contribution in [2.24, 2.45) is 0 Å². The van der Waals surface area contributed by atoms with Crippen LogP contribution in [0.15, 0.2) is 80.1 Å². The van der Waals surface area contributed by atoms with Gasteiger partial charge in [0.1, 0.15) is 11.5 Å². The highest BCUT2D eigenvalue weighted by molar-refractivity contribution is 8.00. The summed E-state index contributed by atoms with van der Waals surface area (Å²) in [6.07, 6.45) is 0. The fraction of sp³-hybridized carbons (Fsp3) is 0.125. The van der Waals surface area contributed by atoms with Gasteiger partial charge < -0.3 is 13.9 Å². The minimum absolute atomic E-state index is 0.105. The first-order valence-corrected chi connectivity index (χ1v) is 12.3. The van der Waals surface area contributed by atoms with Crippen LogP contribution in [0, 0.1) is 0 Å². The molecule has 0 radical (unpaired) electrons. The van der Waals surface area contributed by atoms with E-state index in [0.717, 1.165) is 21.2 Å². The molecule has 0 aliphatic carbocycles. The van der Waals surface area contributed by atoms with E-state index in [-0.39, 0.29) is 16.9 Å². The Morgan fingerprint density at radius 2 is 1.74 bits per heavy atom. The van der Waals surface area contributed by atoms with E-state index in [0.29, 0.717) is 28.0 Å². The summed E-state index contributed by atoms with van der Waals surface area (Å²) in [7, 11) is 3.14. The third kappa shape index (κ3) is 4.46. The lowest BCUT2D eigenvalue weighted by molar-refractivity contribution is -0.115. The zero-order chi connectivity index (χ0) is 23.7. The molecule has 2 heterocycles. The van der Waals surface area contributed by atoms with Crippen LogP contribution >= 0.6 is 35.1 Å². The van der Waals surface area contributed by atoms with Crippen molar-refractivity contribution in [1.29, 1.82) is 0 Å². The largest absolute Gasteiger partial charge is 0.497 e. The first-order valence-electron chi connectivity index (χ1n) is 10.1. The van der Waals surface area contributed by atoms with E-state index in [1.807, 2.05) is 42.5 Å². The third-order valence-electron chi connectivity index (χ3n) is 5.06. The van der Waals surface area contributed by atoms with Crippen LogP contribution in [0.1, 0.15) is 0 Å². The molecule has 7 nitrogen and oxygen atoms in total. The van der Waals surface area contributed by atoms with Gasteiger partial charge in [-0.05, 0) is 42.5 Å². The highest BCUT2D eigenvalue weighted by Gasteiger charge is 2.28. The monoisotopic (exact) mass is 511 g/mol. The normalized spacial score (nSPS) is 12.1. The Morgan fingerprint density at radius 3 is 2.50 bits per heavy atom. The standard InChI is InChI=1S/C24H18ClN3O4S2/c1-30-16-9-14(10-17(12-16)31-2)23-26-27-24(32-23)33-13-22(29)28-18-5-3-4-6-20(18)34-21-8-7-15(25)11-19(21)28/h3-12H,13H2,1-2H3. The molecule has 0 unspecified atom stereocenters. The Kier molecular flexibility index (Phi) is 6.40. The van der Waals surface area contributed by atoms with Gasteiger partial charge in [-0.3, -0.25) is 9.69 Å². The molecule has 1 aromatic heterocycles. The van der Waals surface area contributed by atoms with Crippen LogP contribution in [0.3, 0.4) is 0 Å². The van der Waals surface area contributed by atoms with Gasteiger partial charge in [0.05, 0.1) is 31.3 Å². The second-order valence-electron chi connectivity index (χ2n) is 7.17. The number of rotatable bonds is 6. The van der Waals surface area contributed by atoms with Crippen LogP contribution in [0.5, 0.6) is 11.5 Å². The summed E-state index contributed by atoms with van der Waals surface area (Å²) in [6, 6.07) is 18.7. The molecule has 5 rings (SSSR count). The van der Waals surface area contributed by atoms with Crippen LogP contribution in [0.4, 0.5) is 11.4 Å². The molecule has 0 N–H and O–H groups in total. The van der Waals surface area contributed by atoms with E-state index in [4.69, 9.17) is 25.5 Å². The molecule has 0 saturated heterocycles. The van der Waals surface area contributed by atoms with E-state index in [1.54, 1.807) is 49.1 Å². The lowest BCUT2D eigenvalue weighted by atomic mass is 10.2. The molecule has 172 valence electrons. The molecule has 0 atom stereocenters. The Bertz CT molecular complexity index is 1360. The highest BCUT2D eigenvalue weighted by Crippen LogP contribution is 2.49. The van der Waals surface area contributed by atoms with Gasteiger partial charge in [0, 0.05) is 26.4 Å². The van der Waals surface area contributed by atoms with Gasteiger partial charge in [-0.2, -0.15) is 0 Å². The Hall–Kier alpha value is -3.14. The zero-order valence-corrected chi connectivity index (χ0v) is 20.5. The number of carbonyl (C=O) groups excluding carboxylic acids is 1. The predicted octanol–water partition coefficient (Wildman–Crippen LogP) is 6.33. The summed E-state index contributed by atoms with van der Waals surface area (Å²) in [6.45, 7) is 0. The first-order chi connectivity index (χ1) is 16.6. The number of methoxy groups -OCH3 is 2. The van der Waals surface area contributed by atoms with E-state index in [2.05, 4.69) is 10.2 Å². The molecular weight excluding hydrogens is 494 g/mol. The number of hydrogen-bond donors (Lipinski definition) is 0. The summed E-state index contributed by atoms with van der Waals surface area (Å²) in [4.78, 5) is 17.0. The maximum absolute atomic E-state index is 13.4. The summed E-state index contributed by atoms with van der Waals surface area (Å²) in [5.41, 5.74) is 2.24. The Balaban J connectivity index is 1.37. The van der Waals surface area contributed by atoms with Crippen LogP contribution in [0.25, 0.3) is 11.5 Å². The minimum atomic E-state index is -0.121. The van der Waals surface area contributed by atoms with E-state index in [9.17, 15) is 4.79 Å². The van der Waals surface area contributed by atoms with E-state index < -0.39 is 0 Å². The summed E-state index contributed by atoms with van der Waals surface area (Å²) >= 11 is 9.04. The van der Waals surface area contributed by atoms with Crippen LogP contribution in [0.2, 0.25) is 5.02 Å². The number of aromatic nitrogens is 2. The molecular formula is C24H18ClN3O4S2. The highest BCUT2D eigenvalue weighted by atomic mass is 35.5. The number of anilines is 2. The van der Waals surface area contributed by atoms with Crippen molar-refractivity contribution in [3.63, 3.8) is 0 Å². The van der Waals surface area contributed by atoms with Crippen molar-refractivity contribution < 1.29 is 18.7 Å². The van der Waals surface area contributed by atoms with Gasteiger partial charge >= 0.3 is 0 Å². The van der Waals surface area contributed by atoms with Crippen LogP contribution in [-0.4, -0.2) is 36.1 Å². The van der Waals surface area contributed by atoms with Crippen molar-refractivity contribution in [2.45, 2.75) is 15.0 Å². The average molecular weight is 512 g/mol. The fourth-order valence-electron chi connectivity index (χ4n) is 3.50. The lowest BCUT2D eigenvalue weighted by Crippen LogP contribution is -2.30. The molecule has 0 fully saturated rings. The second kappa shape index (κ2) is 9.61. The number of halogens is 1. The SMILES string of the molecule is COc1cc(OC)cc(-c2nnc(SCC(=O)N3c4ccccc4Sc4ccc(Cl)cc43)o2)c1. The molecule has 10 heteroatoms. The fourth-order valence-corrected chi connectivity index (χ4v) is 5.32. The van der Waals surface area contributed by atoms with Crippen molar-refractivity contribution in [3.05, 3.63) is 65.7 Å². The summed E-state index contributed by atoms with van der Waals surface area (Å²) < 4.78 is 16.4. The first kappa shape index (κ1) is 22.6. The number of para-hydroxylation sites is 1. The molecule has 1 amide bonds. The number of ether oxygens (including phenoxy) is 2. The Labute approximate surface area is 209 Å². The second-order valence-corrected chi connectivity index (χ2v) is 9.62. The average Bonchev–Trinajstić information content (AvgIpc) is 3.34. The Morgan fingerprint density at radius 1 is 1.00 bits per heavy atom.